The Balaban J connectivity index is 3.92. The van der Waals surface area contributed by atoms with Crippen molar-refractivity contribution >= 4 is 11.9 Å². The summed E-state index contributed by atoms with van der Waals surface area (Å²) in [4.78, 5) is 20.6. The van der Waals surface area contributed by atoms with Crippen LogP contribution in [-0.4, -0.2) is 46.6 Å². The predicted molar refractivity (Wildman–Crippen MR) is 40.8 cm³/mol. The van der Waals surface area contributed by atoms with Gasteiger partial charge in [0.05, 0.1) is 13.2 Å². The number of hydrogen-bond donors (Lipinski definition) is 3. The predicted octanol–water partition coefficient (Wildman–Crippen LogP) is -1.48. The molecule has 0 aliphatic heterocycles. The third kappa shape index (κ3) is 5.83. The molecule has 13 heavy (non-hydrogen) atoms. The summed E-state index contributed by atoms with van der Waals surface area (Å²) in [6.07, 6.45) is 0.292. The molecule has 0 saturated carbocycles. The summed E-state index contributed by atoms with van der Waals surface area (Å²) in [5.41, 5.74) is 0. The first-order valence-electron chi connectivity index (χ1n) is 3.43. The van der Waals surface area contributed by atoms with Crippen molar-refractivity contribution in [3.8, 4) is 0 Å². The van der Waals surface area contributed by atoms with E-state index in [1.807, 2.05) is 0 Å². The highest BCUT2D eigenvalue weighted by Crippen LogP contribution is 1.91. The van der Waals surface area contributed by atoms with Gasteiger partial charge in [-0.1, -0.05) is 0 Å². The Kier molecular flexibility index (Phi) is 5.49. The molecular weight excluding hydrogens is 180 g/mol. The summed E-state index contributed by atoms with van der Waals surface area (Å²) in [6, 6.07) is 0. The maximum atomic E-state index is 10.7. The Morgan fingerprint density at radius 2 is 1.77 bits per heavy atom. The monoisotopic (exact) mass is 190 g/mol. The average molecular weight is 190 g/mol. The van der Waals surface area contributed by atoms with Crippen LogP contribution in [0.4, 0.5) is 0 Å². The SMILES string of the molecule is O=C(O)/C=C\C(=O)OC(CO)CO. The molecule has 0 aliphatic rings. The van der Waals surface area contributed by atoms with Gasteiger partial charge in [-0.3, -0.25) is 0 Å². The van der Waals surface area contributed by atoms with E-state index in [0.717, 1.165) is 0 Å². The first-order chi connectivity index (χ1) is 6.10. The molecule has 0 aromatic heterocycles. The lowest BCUT2D eigenvalue weighted by Gasteiger charge is -2.09. The standard InChI is InChI=1S/C7H10O6/c8-3-5(4-9)13-7(12)2-1-6(10)11/h1-2,5,8-9H,3-4H2,(H,10,11)/b2-1-. The van der Waals surface area contributed by atoms with Gasteiger partial charge in [-0.2, -0.15) is 0 Å². The lowest BCUT2D eigenvalue weighted by atomic mass is 10.4. The topological polar surface area (TPSA) is 104 Å². The molecule has 6 nitrogen and oxygen atoms in total. The number of carboxylic acid groups (broad SMARTS) is 1. The smallest absolute Gasteiger partial charge is 0.331 e. The van der Waals surface area contributed by atoms with E-state index in [4.69, 9.17) is 15.3 Å². The molecule has 0 heterocycles. The van der Waals surface area contributed by atoms with Crippen molar-refractivity contribution in [1.82, 2.24) is 0 Å². The highest BCUT2D eigenvalue weighted by Gasteiger charge is 2.09. The molecular formula is C7H10O6. The Morgan fingerprint density at radius 3 is 2.15 bits per heavy atom. The number of rotatable bonds is 5. The molecule has 0 atom stereocenters. The molecule has 0 aromatic carbocycles. The summed E-state index contributed by atoms with van der Waals surface area (Å²) >= 11 is 0. The van der Waals surface area contributed by atoms with Gasteiger partial charge in [0.15, 0.2) is 0 Å². The van der Waals surface area contributed by atoms with Crippen LogP contribution in [0.2, 0.25) is 0 Å². The van der Waals surface area contributed by atoms with Crippen LogP contribution < -0.4 is 0 Å². The van der Waals surface area contributed by atoms with Crippen molar-refractivity contribution in [1.29, 1.82) is 0 Å². The van der Waals surface area contributed by atoms with Crippen LogP contribution in [0, 0.1) is 0 Å². The Hall–Kier alpha value is -1.40. The molecule has 0 spiro atoms. The second kappa shape index (κ2) is 6.15. The van der Waals surface area contributed by atoms with Crippen LogP contribution in [-0.2, 0) is 14.3 Å². The molecule has 0 aromatic rings. The largest absolute Gasteiger partial charge is 0.478 e. The van der Waals surface area contributed by atoms with E-state index >= 15 is 0 Å². The van der Waals surface area contributed by atoms with Crippen LogP contribution in [0.25, 0.3) is 0 Å². The maximum Gasteiger partial charge on any atom is 0.331 e. The summed E-state index contributed by atoms with van der Waals surface area (Å²) in [5.74, 6) is -2.20. The first kappa shape index (κ1) is 11.6. The van der Waals surface area contributed by atoms with Crippen LogP contribution >= 0.6 is 0 Å². The minimum absolute atomic E-state index is 0.511. The Morgan fingerprint density at radius 1 is 1.23 bits per heavy atom. The fraction of sp³-hybridized carbons (Fsp3) is 0.429. The van der Waals surface area contributed by atoms with Gasteiger partial charge in [0.2, 0.25) is 0 Å². The zero-order valence-corrected chi connectivity index (χ0v) is 6.71. The van der Waals surface area contributed by atoms with Gasteiger partial charge in [-0.15, -0.1) is 0 Å². The van der Waals surface area contributed by atoms with E-state index < -0.39 is 31.3 Å². The average Bonchev–Trinajstić information content (AvgIpc) is 2.10. The summed E-state index contributed by atoms with van der Waals surface area (Å²) < 4.78 is 4.41. The molecule has 0 rings (SSSR count). The highest BCUT2D eigenvalue weighted by atomic mass is 16.6. The number of carbonyl (C=O) groups excluding carboxylic acids is 1. The van der Waals surface area contributed by atoms with Gasteiger partial charge >= 0.3 is 11.9 Å². The van der Waals surface area contributed by atoms with Crippen molar-refractivity contribution < 1.29 is 29.6 Å². The molecule has 0 saturated heterocycles. The number of aliphatic hydroxyl groups excluding tert-OH is 2. The molecule has 0 bridgehead atoms. The van der Waals surface area contributed by atoms with Crippen LogP contribution in [0.3, 0.4) is 0 Å². The molecule has 6 heteroatoms. The van der Waals surface area contributed by atoms with E-state index in [0.29, 0.717) is 12.2 Å². The van der Waals surface area contributed by atoms with E-state index in [9.17, 15) is 9.59 Å². The zero-order chi connectivity index (χ0) is 10.3. The Bertz CT molecular complexity index is 205. The molecule has 3 N–H and O–H groups in total. The molecule has 0 amide bonds. The highest BCUT2D eigenvalue weighted by molar-refractivity contribution is 5.90. The summed E-state index contributed by atoms with van der Waals surface area (Å²) in [5, 5.41) is 25.1. The number of carbonyl (C=O) groups is 2. The summed E-state index contributed by atoms with van der Waals surface area (Å²) in [7, 11) is 0. The van der Waals surface area contributed by atoms with Crippen molar-refractivity contribution in [3.63, 3.8) is 0 Å². The Labute approximate surface area is 74.1 Å². The molecule has 0 aliphatic carbocycles. The fourth-order valence-corrected chi connectivity index (χ4v) is 0.475. The number of aliphatic carboxylic acids is 1. The second-order valence-corrected chi connectivity index (χ2v) is 2.10. The van der Waals surface area contributed by atoms with Gasteiger partial charge in [0.25, 0.3) is 0 Å². The number of hydrogen-bond acceptors (Lipinski definition) is 5. The van der Waals surface area contributed by atoms with Crippen LogP contribution in [0.1, 0.15) is 0 Å². The van der Waals surface area contributed by atoms with E-state index in [2.05, 4.69) is 4.74 Å². The number of esters is 1. The van der Waals surface area contributed by atoms with Crippen molar-refractivity contribution in [2.75, 3.05) is 13.2 Å². The van der Waals surface area contributed by atoms with Gasteiger partial charge < -0.3 is 20.1 Å². The lowest BCUT2D eigenvalue weighted by molar-refractivity contribution is -0.147. The molecule has 74 valence electrons. The van der Waals surface area contributed by atoms with Gasteiger partial charge in [0.1, 0.15) is 6.10 Å². The third-order valence-electron chi connectivity index (χ3n) is 1.05. The molecule has 0 fully saturated rings. The first-order valence-corrected chi connectivity index (χ1v) is 3.43. The quantitative estimate of drug-likeness (QED) is 0.361. The van der Waals surface area contributed by atoms with Crippen molar-refractivity contribution in [3.05, 3.63) is 12.2 Å². The van der Waals surface area contributed by atoms with Crippen LogP contribution in [0.15, 0.2) is 12.2 Å². The van der Waals surface area contributed by atoms with Crippen LogP contribution in [0.5, 0.6) is 0 Å². The maximum absolute atomic E-state index is 10.7. The number of ether oxygens (including phenoxy) is 1. The molecule has 0 radical (unpaired) electrons. The summed E-state index contributed by atoms with van der Waals surface area (Å²) in [6.45, 7) is -1.02. The minimum atomic E-state index is -1.28. The number of aliphatic hydroxyl groups is 2. The third-order valence-corrected chi connectivity index (χ3v) is 1.05. The number of carboxylic acids is 1. The van der Waals surface area contributed by atoms with Crippen molar-refractivity contribution in [2.24, 2.45) is 0 Å². The minimum Gasteiger partial charge on any atom is -0.478 e. The van der Waals surface area contributed by atoms with E-state index in [-0.39, 0.29) is 0 Å². The van der Waals surface area contributed by atoms with Gasteiger partial charge in [0, 0.05) is 12.2 Å². The normalized spacial score (nSPS) is 10.7. The van der Waals surface area contributed by atoms with Crippen molar-refractivity contribution in [2.45, 2.75) is 6.10 Å². The fourth-order valence-electron chi connectivity index (χ4n) is 0.475. The van der Waals surface area contributed by atoms with Gasteiger partial charge in [-0.05, 0) is 0 Å². The van der Waals surface area contributed by atoms with E-state index in [1.165, 1.54) is 0 Å². The zero-order valence-electron chi connectivity index (χ0n) is 6.71. The van der Waals surface area contributed by atoms with Gasteiger partial charge in [-0.25, -0.2) is 9.59 Å². The lowest BCUT2D eigenvalue weighted by Crippen LogP contribution is -2.24. The second-order valence-electron chi connectivity index (χ2n) is 2.10. The molecule has 0 unspecified atom stereocenters. The van der Waals surface area contributed by atoms with E-state index in [1.54, 1.807) is 0 Å².